The number of aryl methyl sites for hydroxylation is 1. The lowest BCUT2D eigenvalue weighted by molar-refractivity contribution is -0.113. The summed E-state index contributed by atoms with van der Waals surface area (Å²) >= 11 is 8.61. The first-order valence-corrected chi connectivity index (χ1v) is 8.93. The molecule has 0 atom stereocenters. The van der Waals surface area contributed by atoms with E-state index in [9.17, 15) is 9.59 Å². The number of thioether (sulfide) groups is 1. The van der Waals surface area contributed by atoms with Crippen LogP contribution >= 0.6 is 34.7 Å². The SMILES string of the molecule is Cc1ccc(NC(=O)CSc2nc3sccc3c(=O)[nH]2)cc1Cl. The van der Waals surface area contributed by atoms with Crippen LogP contribution in [0.5, 0.6) is 0 Å². The van der Waals surface area contributed by atoms with Gasteiger partial charge in [-0.05, 0) is 36.1 Å². The van der Waals surface area contributed by atoms with E-state index in [1.807, 2.05) is 18.4 Å². The Kier molecular flexibility index (Phi) is 4.70. The normalized spacial score (nSPS) is 10.9. The van der Waals surface area contributed by atoms with Gasteiger partial charge in [-0.1, -0.05) is 29.4 Å². The van der Waals surface area contributed by atoms with E-state index >= 15 is 0 Å². The van der Waals surface area contributed by atoms with E-state index in [0.717, 1.165) is 5.56 Å². The van der Waals surface area contributed by atoms with Gasteiger partial charge in [0, 0.05) is 10.7 Å². The number of fused-ring (bicyclic) bond motifs is 1. The van der Waals surface area contributed by atoms with Crippen molar-refractivity contribution >= 4 is 56.5 Å². The van der Waals surface area contributed by atoms with E-state index in [-0.39, 0.29) is 17.2 Å². The number of carbonyl (C=O) groups excluding carboxylic acids is 1. The maximum atomic E-state index is 12.0. The topological polar surface area (TPSA) is 74.8 Å². The van der Waals surface area contributed by atoms with Crippen molar-refractivity contribution in [1.29, 1.82) is 0 Å². The predicted octanol–water partition coefficient (Wildman–Crippen LogP) is 3.68. The molecule has 5 nitrogen and oxygen atoms in total. The average Bonchev–Trinajstić information content (AvgIpc) is 2.98. The average molecular weight is 366 g/mol. The first-order chi connectivity index (χ1) is 11.0. The van der Waals surface area contributed by atoms with Gasteiger partial charge in [0.15, 0.2) is 5.16 Å². The smallest absolute Gasteiger partial charge is 0.260 e. The molecule has 0 unspecified atom stereocenters. The van der Waals surface area contributed by atoms with Crippen LogP contribution in [0.2, 0.25) is 5.02 Å². The highest BCUT2D eigenvalue weighted by molar-refractivity contribution is 7.99. The van der Waals surface area contributed by atoms with Crippen molar-refractivity contribution in [2.24, 2.45) is 0 Å². The predicted molar refractivity (Wildman–Crippen MR) is 95.8 cm³/mol. The number of hydrogen-bond acceptors (Lipinski definition) is 5. The maximum Gasteiger partial charge on any atom is 0.260 e. The first-order valence-electron chi connectivity index (χ1n) is 6.69. The fourth-order valence-electron chi connectivity index (χ4n) is 1.92. The molecule has 1 amide bonds. The minimum absolute atomic E-state index is 0.144. The Morgan fingerprint density at radius 2 is 2.26 bits per heavy atom. The number of benzene rings is 1. The highest BCUT2D eigenvalue weighted by Gasteiger charge is 2.09. The van der Waals surface area contributed by atoms with Gasteiger partial charge in [-0.3, -0.25) is 9.59 Å². The number of rotatable bonds is 4. The van der Waals surface area contributed by atoms with E-state index < -0.39 is 0 Å². The van der Waals surface area contributed by atoms with Crippen LogP contribution < -0.4 is 10.9 Å². The molecular formula is C15H12ClN3O2S2. The Hall–Kier alpha value is -1.83. The van der Waals surface area contributed by atoms with Crippen molar-refractivity contribution in [1.82, 2.24) is 9.97 Å². The number of anilines is 1. The molecule has 0 radical (unpaired) electrons. The summed E-state index contributed by atoms with van der Waals surface area (Å²) in [6, 6.07) is 7.07. The maximum absolute atomic E-state index is 12.0. The van der Waals surface area contributed by atoms with E-state index in [1.165, 1.54) is 23.1 Å². The Morgan fingerprint density at radius 3 is 3.04 bits per heavy atom. The molecule has 0 saturated carbocycles. The third-order valence-electron chi connectivity index (χ3n) is 3.11. The number of halogens is 1. The minimum Gasteiger partial charge on any atom is -0.325 e. The fourth-order valence-corrected chi connectivity index (χ4v) is 3.58. The molecule has 2 aromatic heterocycles. The van der Waals surface area contributed by atoms with Gasteiger partial charge >= 0.3 is 0 Å². The Balaban J connectivity index is 1.65. The molecule has 0 fully saturated rings. The number of aromatic nitrogens is 2. The van der Waals surface area contributed by atoms with Crippen molar-refractivity contribution in [2.45, 2.75) is 12.1 Å². The molecule has 1 aromatic carbocycles. The van der Waals surface area contributed by atoms with Crippen LogP contribution in [0.3, 0.4) is 0 Å². The first kappa shape index (κ1) is 16.0. The largest absolute Gasteiger partial charge is 0.325 e. The molecule has 0 spiro atoms. The molecule has 8 heteroatoms. The standard InChI is InChI=1S/C15H12ClN3O2S2/c1-8-2-3-9(6-11(8)16)17-12(20)7-23-15-18-13(21)10-4-5-22-14(10)19-15/h2-6H,7H2,1H3,(H,17,20)(H,18,19,21). The van der Waals surface area contributed by atoms with E-state index in [4.69, 9.17) is 11.6 Å². The van der Waals surface area contributed by atoms with E-state index in [2.05, 4.69) is 15.3 Å². The third-order valence-corrected chi connectivity index (χ3v) is 5.20. The molecule has 0 bridgehead atoms. The molecular weight excluding hydrogens is 354 g/mol. The molecule has 2 heterocycles. The van der Waals surface area contributed by atoms with Crippen molar-refractivity contribution in [3.63, 3.8) is 0 Å². The zero-order valence-electron chi connectivity index (χ0n) is 12.1. The highest BCUT2D eigenvalue weighted by Crippen LogP contribution is 2.21. The summed E-state index contributed by atoms with van der Waals surface area (Å²) in [7, 11) is 0. The van der Waals surface area contributed by atoms with Crippen molar-refractivity contribution < 1.29 is 4.79 Å². The highest BCUT2D eigenvalue weighted by atomic mass is 35.5. The molecule has 23 heavy (non-hydrogen) atoms. The van der Waals surface area contributed by atoms with Gasteiger partial charge in [-0.2, -0.15) is 0 Å². The molecule has 0 aliphatic rings. The zero-order chi connectivity index (χ0) is 16.4. The van der Waals surface area contributed by atoms with Crippen molar-refractivity contribution in [3.8, 4) is 0 Å². The number of amides is 1. The summed E-state index contributed by atoms with van der Waals surface area (Å²) in [5.41, 5.74) is 1.40. The van der Waals surface area contributed by atoms with Gasteiger partial charge in [-0.15, -0.1) is 11.3 Å². The molecule has 0 aliphatic heterocycles. The Bertz CT molecular complexity index is 936. The Morgan fingerprint density at radius 1 is 1.43 bits per heavy atom. The van der Waals surface area contributed by atoms with Crippen LogP contribution in [0.4, 0.5) is 5.69 Å². The van der Waals surface area contributed by atoms with Crippen LogP contribution in [-0.2, 0) is 4.79 Å². The monoisotopic (exact) mass is 365 g/mol. The lowest BCUT2D eigenvalue weighted by Gasteiger charge is -2.06. The van der Waals surface area contributed by atoms with Crippen LogP contribution in [0.15, 0.2) is 39.6 Å². The number of nitrogens with one attached hydrogen (secondary N) is 2. The van der Waals surface area contributed by atoms with Crippen LogP contribution in [0, 0.1) is 6.92 Å². The van der Waals surface area contributed by atoms with Gasteiger partial charge in [0.1, 0.15) is 4.83 Å². The fraction of sp³-hybridized carbons (Fsp3) is 0.133. The summed E-state index contributed by atoms with van der Waals surface area (Å²) in [5, 5.41) is 6.18. The van der Waals surface area contributed by atoms with Crippen LogP contribution in [0.1, 0.15) is 5.56 Å². The number of hydrogen-bond donors (Lipinski definition) is 2. The number of H-pyrrole nitrogens is 1. The van der Waals surface area contributed by atoms with Crippen molar-refractivity contribution in [2.75, 3.05) is 11.1 Å². The summed E-state index contributed by atoms with van der Waals surface area (Å²) in [4.78, 5) is 31.5. The second-order valence-electron chi connectivity index (χ2n) is 4.81. The molecule has 3 rings (SSSR count). The Labute approximate surface area is 145 Å². The summed E-state index contributed by atoms with van der Waals surface area (Å²) < 4.78 is 0. The molecule has 0 saturated heterocycles. The van der Waals surface area contributed by atoms with E-state index in [0.29, 0.717) is 26.1 Å². The second kappa shape index (κ2) is 6.74. The lowest BCUT2D eigenvalue weighted by Crippen LogP contribution is -2.15. The van der Waals surface area contributed by atoms with Crippen molar-refractivity contribution in [3.05, 3.63) is 50.6 Å². The number of carbonyl (C=O) groups is 1. The van der Waals surface area contributed by atoms with Gasteiger partial charge < -0.3 is 10.3 Å². The molecule has 2 N–H and O–H groups in total. The lowest BCUT2D eigenvalue weighted by atomic mass is 10.2. The van der Waals surface area contributed by atoms with Gasteiger partial charge in [-0.25, -0.2) is 4.98 Å². The summed E-state index contributed by atoms with van der Waals surface area (Å²) in [6.45, 7) is 1.90. The minimum atomic E-state index is -0.191. The number of thiophene rings is 1. The van der Waals surface area contributed by atoms with E-state index in [1.54, 1.807) is 18.2 Å². The quantitative estimate of drug-likeness (QED) is 0.546. The number of aromatic amines is 1. The van der Waals surface area contributed by atoms with Gasteiger partial charge in [0.05, 0.1) is 11.1 Å². The van der Waals surface area contributed by atoms with Gasteiger partial charge in [0.25, 0.3) is 5.56 Å². The van der Waals surface area contributed by atoms with Gasteiger partial charge in [0.2, 0.25) is 5.91 Å². The van der Waals surface area contributed by atoms with Crippen LogP contribution in [0.25, 0.3) is 10.2 Å². The summed E-state index contributed by atoms with van der Waals surface area (Å²) in [5.74, 6) is -0.0467. The van der Waals surface area contributed by atoms with Crippen LogP contribution in [-0.4, -0.2) is 21.6 Å². The second-order valence-corrected chi connectivity index (χ2v) is 7.08. The molecule has 118 valence electrons. The zero-order valence-corrected chi connectivity index (χ0v) is 14.4. The molecule has 3 aromatic rings. The number of nitrogens with zero attached hydrogens (tertiary/aromatic N) is 1. The molecule has 0 aliphatic carbocycles. The summed E-state index contributed by atoms with van der Waals surface area (Å²) in [6.07, 6.45) is 0. The third kappa shape index (κ3) is 3.74.